The van der Waals surface area contributed by atoms with Gasteiger partial charge in [-0.15, -0.1) is 0 Å². The molecule has 2 heterocycles. The zero-order valence-corrected chi connectivity index (χ0v) is 17.0. The van der Waals surface area contributed by atoms with Gasteiger partial charge in [-0.25, -0.2) is 0 Å². The van der Waals surface area contributed by atoms with Crippen molar-refractivity contribution in [1.29, 1.82) is 0 Å². The van der Waals surface area contributed by atoms with E-state index in [0.717, 1.165) is 31.1 Å². The average molecular weight is 392 g/mol. The number of hydrogen-bond acceptors (Lipinski definition) is 6. The van der Waals surface area contributed by atoms with E-state index in [1.807, 2.05) is 12.1 Å². The minimum atomic E-state index is -0.728. The molecule has 0 spiro atoms. The Bertz CT molecular complexity index is 644. The summed E-state index contributed by atoms with van der Waals surface area (Å²) in [4.78, 5) is 18.1. The van der Waals surface area contributed by atoms with Crippen LogP contribution in [-0.2, 0) is 4.79 Å². The van der Waals surface area contributed by atoms with Gasteiger partial charge in [0.15, 0.2) is 0 Å². The lowest BCUT2D eigenvalue weighted by molar-refractivity contribution is -0.129. The number of aliphatic hydroxyl groups excluding tert-OH is 1. The average Bonchev–Trinajstić information content (AvgIpc) is 2.91. The van der Waals surface area contributed by atoms with Gasteiger partial charge >= 0.3 is 0 Å². The number of β-amino-alcohol motifs (C(OH)–C–C–N with tert-alkyl or cyclic N) is 1. The van der Waals surface area contributed by atoms with E-state index >= 15 is 0 Å². The van der Waals surface area contributed by atoms with Crippen LogP contribution < -0.4 is 9.64 Å². The summed E-state index contributed by atoms with van der Waals surface area (Å²) in [6, 6.07) is 8.03. The predicted octanol–water partition coefficient (Wildman–Crippen LogP) is 0.799. The molecule has 0 bridgehead atoms. The Morgan fingerprint density at radius 1 is 1.14 bits per heavy atom. The molecular formula is C21H33N3O4. The van der Waals surface area contributed by atoms with Crippen molar-refractivity contribution in [3.8, 4) is 5.75 Å². The molecule has 0 saturated carbocycles. The molecule has 7 heteroatoms. The van der Waals surface area contributed by atoms with Crippen LogP contribution in [0.1, 0.15) is 19.8 Å². The number of aliphatic hydroxyl groups is 2. The van der Waals surface area contributed by atoms with E-state index in [0.29, 0.717) is 39.0 Å². The number of ether oxygens (including phenoxy) is 1. The first-order chi connectivity index (χ1) is 13.4. The molecule has 2 aliphatic rings. The first-order valence-electron chi connectivity index (χ1n) is 10.1. The minimum absolute atomic E-state index is 0.0365. The molecule has 1 aromatic rings. The third kappa shape index (κ3) is 5.16. The van der Waals surface area contributed by atoms with E-state index in [-0.39, 0.29) is 18.4 Å². The number of anilines is 1. The molecule has 2 aliphatic heterocycles. The highest BCUT2D eigenvalue weighted by molar-refractivity contribution is 5.73. The van der Waals surface area contributed by atoms with Crippen LogP contribution >= 0.6 is 0 Å². The molecule has 3 rings (SSSR count). The summed E-state index contributed by atoms with van der Waals surface area (Å²) in [6.45, 7) is 6.53. The number of carbonyl (C=O) groups excluding carboxylic acids is 1. The number of amides is 1. The molecule has 1 aromatic carbocycles. The SMILES string of the molecule is COc1ccc(N2CCC(O)(CN3CCN(C(C)=O)CC(CO)C3)CC2)cc1. The van der Waals surface area contributed by atoms with Gasteiger partial charge in [-0.1, -0.05) is 0 Å². The van der Waals surface area contributed by atoms with Crippen molar-refractivity contribution in [2.75, 3.05) is 64.4 Å². The quantitative estimate of drug-likeness (QED) is 0.773. The molecule has 0 radical (unpaired) electrons. The van der Waals surface area contributed by atoms with Gasteiger partial charge in [-0.2, -0.15) is 0 Å². The lowest BCUT2D eigenvalue weighted by atomic mass is 9.90. The fourth-order valence-electron chi connectivity index (χ4n) is 4.27. The fourth-order valence-corrected chi connectivity index (χ4v) is 4.27. The molecule has 0 aromatic heterocycles. The third-order valence-corrected chi connectivity index (χ3v) is 6.03. The van der Waals surface area contributed by atoms with Gasteiger partial charge in [0, 0.05) is 70.9 Å². The largest absolute Gasteiger partial charge is 0.497 e. The molecule has 1 atom stereocenters. The molecular weight excluding hydrogens is 358 g/mol. The Balaban J connectivity index is 1.56. The summed E-state index contributed by atoms with van der Waals surface area (Å²) in [6.07, 6.45) is 1.41. The smallest absolute Gasteiger partial charge is 0.219 e. The molecule has 1 amide bonds. The van der Waals surface area contributed by atoms with E-state index in [1.165, 1.54) is 0 Å². The second kappa shape index (κ2) is 9.11. The van der Waals surface area contributed by atoms with Crippen LogP contribution in [0.25, 0.3) is 0 Å². The number of nitrogens with zero attached hydrogens (tertiary/aromatic N) is 3. The molecule has 156 valence electrons. The summed E-state index contributed by atoms with van der Waals surface area (Å²) in [5, 5.41) is 20.8. The van der Waals surface area contributed by atoms with Gasteiger partial charge in [0.05, 0.1) is 12.7 Å². The molecule has 2 saturated heterocycles. The zero-order valence-electron chi connectivity index (χ0n) is 17.0. The van der Waals surface area contributed by atoms with Crippen molar-refractivity contribution in [3.63, 3.8) is 0 Å². The van der Waals surface area contributed by atoms with Gasteiger partial charge in [-0.05, 0) is 37.1 Å². The van der Waals surface area contributed by atoms with Crippen LogP contribution in [0.5, 0.6) is 5.75 Å². The summed E-state index contributed by atoms with van der Waals surface area (Å²) in [7, 11) is 1.66. The maximum atomic E-state index is 11.7. The Morgan fingerprint density at radius 3 is 2.39 bits per heavy atom. The lowest BCUT2D eigenvalue weighted by Gasteiger charge is -2.42. The number of rotatable bonds is 5. The number of carbonyl (C=O) groups is 1. The molecule has 0 aliphatic carbocycles. The van der Waals surface area contributed by atoms with E-state index in [9.17, 15) is 15.0 Å². The predicted molar refractivity (Wildman–Crippen MR) is 109 cm³/mol. The summed E-state index contributed by atoms with van der Waals surface area (Å²) < 4.78 is 5.22. The van der Waals surface area contributed by atoms with Crippen LogP contribution in [0.2, 0.25) is 0 Å². The van der Waals surface area contributed by atoms with Crippen LogP contribution in [0.15, 0.2) is 24.3 Å². The molecule has 7 nitrogen and oxygen atoms in total. The van der Waals surface area contributed by atoms with Gasteiger partial charge in [0.2, 0.25) is 5.91 Å². The highest BCUT2D eigenvalue weighted by Gasteiger charge is 2.35. The summed E-state index contributed by atoms with van der Waals surface area (Å²) in [5.74, 6) is 0.928. The molecule has 28 heavy (non-hydrogen) atoms. The van der Waals surface area contributed by atoms with Gasteiger partial charge < -0.3 is 24.7 Å². The zero-order chi connectivity index (χ0) is 20.1. The molecule has 2 fully saturated rings. The van der Waals surface area contributed by atoms with Crippen molar-refractivity contribution < 1.29 is 19.7 Å². The Kier molecular flexibility index (Phi) is 6.80. The van der Waals surface area contributed by atoms with Crippen molar-refractivity contribution in [2.24, 2.45) is 5.92 Å². The second-order valence-corrected chi connectivity index (χ2v) is 8.16. The summed E-state index contributed by atoms with van der Waals surface area (Å²) in [5.41, 5.74) is 0.420. The van der Waals surface area contributed by atoms with E-state index in [2.05, 4.69) is 21.9 Å². The normalized spacial score (nSPS) is 23.4. The van der Waals surface area contributed by atoms with Gasteiger partial charge in [-0.3, -0.25) is 9.69 Å². The van der Waals surface area contributed by atoms with E-state index in [1.54, 1.807) is 18.9 Å². The van der Waals surface area contributed by atoms with Crippen LogP contribution in [0, 0.1) is 5.92 Å². The Morgan fingerprint density at radius 2 is 1.82 bits per heavy atom. The van der Waals surface area contributed by atoms with E-state index < -0.39 is 5.60 Å². The topological polar surface area (TPSA) is 76.5 Å². The number of piperidine rings is 1. The third-order valence-electron chi connectivity index (χ3n) is 6.03. The number of hydrogen-bond donors (Lipinski definition) is 2. The van der Waals surface area contributed by atoms with Crippen molar-refractivity contribution in [3.05, 3.63) is 24.3 Å². The standard InChI is InChI=1S/C21H33N3O4/c1-17(26)24-12-11-22(13-18(14-24)15-25)16-21(27)7-9-23(10-8-21)19-3-5-20(28-2)6-4-19/h3-6,18,25,27H,7-16H2,1-2H3. The maximum Gasteiger partial charge on any atom is 0.219 e. The van der Waals surface area contributed by atoms with Crippen LogP contribution in [0.4, 0.5) is 5.69 Å². The van der Waals surface area contributed by atoms with Gasteiger partial charge in [0.25, 0.3) is 0 Å². The van der Waals surface area contributed by atoms with Crippen LogP contribution in [0.3, 0.4) is 0 Å². The monoisotopic (exact) mass is 391 g/mol. The number of benzene rings is 1. The highest BCUT2D eigenvalue weighted by atomic mass is 16.5. The van der Waals surface area contributed by atoms with Crippen LogP contribution in [-0.4, -0.2) is 91.1 Å². The van der Waals surface area contributed by atoms with Gasteiger partial charge in [0.1, 0.15) is 5.75 Å². The Hall–Kier alpha value is -1.83. The first-order valence-corrected chi connectivity index (χ1v) is 10.1. The van der Waals surface area contributed by atoms with Crippen molar-refractivity contribution >= 4 is 11.6 Å². The van der Waals surface area contributed by atoms with E-state index in [4.69, 9.17) is 4.74 Å². The molecule has 2 N–H and O–H groups in total. The number of methoxy groups -OCH3 is 1. The molecule has 1 unspecified atom stereocenters. The highest BCUT2D eigenvalue weighted by Crippen LogP contribution is 2.29. The maximum absolute atomic E-state index is 11.7. The second-order valence-electron chi connectivity index (χ2n) is 8.16. The summed E-state index contributed by atoms with van der Waals surface area (Å²) >= 11 is 0. The minimum Gasteiger partial charge on any atom is -0.497 e. The first kappa shape index (κ1) is 20.9. The lowest BCUT2D eigenvalue weighted by Crippen LogP contribution is -2.52. The van der Waals surface area contributed by atoms with Crippen molar-refractivity contribution in [1.82, 2.24) is 9.80 Å². The Labute approximate surface area is 167 Å². The van der Waals surface area contributed by atoms with Crippen molar-refractivity contribution in [2.45, 2.75) is 25.4 Å². The fraction of sp³-hybridized carbons (Fsp3) is 0.667.